The van der Waals surface area contributed by atoms with Crippen LogP contribution in [-0.4, -0.2) is 19.5 Å². The van der Waals surface area contributed by atoms with Gasteiger partial charge in [0.05, 0.1) is 22.1 Å². The van der Waals surface area contributed by atoms with E-state index in [-0.39, 0.29) is 0 Å². The number of hydrogen-bond acceptors (Lipinski definition) is 5. The maximum Gasteiger partial charge on any atom is 0.164 e. The first-order valence-corrected chi connectivity index (χ1v) is 21.9. The molecule has 0 spiro atoms. The van der Waals surface area contributed by atoms with Crippen molar-refractivity contribution in [1.82, 2.24) is 19.5 Å². The lowest BCUT2D eigenvalue weighted by molar-refractivity contribution is 0.669. The molecule has 13 rings (SSSR count). The van der Waals surface area contributed by atoms with E-state index in [4.69, 9.17) is 19.4 Å². The van der Waals surface area contributed by atoms with Crippen molar-refractivity contribution in [1.29, 1.82) is 0 Å². The standard InChI is InChI=1S/C57H34N4OS/c1-4-14-35(15-5-1)38-26-29-43-42-20-10-11-22-46(42)61(48(43)32-38)47-23-13-24-49-54(47)44-30-27-39(33-50(44)62-49)56-58-55(37-18-8-3-9-19-37)59-57(60-56)40-28-31-45-52(34-40)63-51-25-12-21-41(53(45)51)36-16-6-2-7-17-36/h1-34H. The molecule has 63 heavy (non-hydrogen) atoms. The van der Waals surface area contributed by atoms with Crippen LogP contribution < -0.4 is 0 Å². The summed E-state index contributed by atoms with van der Waals surface area (Å²) in [4.78, 5) is 15.4. The molecule has 0 saturated carbocycles. The first-order valence-electron chi connectivity index (χ1n) is 21.1. The van der Waals surface area contributed by atoms with E-state index in [1.165, 1.54) is 53.2 Å². The van der Waals surface area contributed by atoms with E-state index in [0.29, 0.717) is 17.5 Å². The minimum atomic E-state index is 0.583. The minimum absolute atomic E-state index is 0.583. The van der Waals surface area contributed by atoms with Crippen LogP contribution in [0, 0.1) is 0 Å². The van der Waals surface area contributed by atoms with E-state index in [9.17, 15) is 0 Å². The molecule has 4 heterocycles. The van der Waals surface area contributed by atoms with Gasteiger partial charge in [-0.3, -0.25) is 0 Å². The zero-order valence-electron chi connectivity index (χ0n) is 33.7. The molecule has 0 aliphatic rings. The van der Waals surface area contributed by atoms with Crippen LogP contribution >= 0.6 is 11.3 Å². The van der Waals surface area contributed by atoms with Crippen molar-refractivity contribution in [3.63, 3.8) is 0 Å². The van der Waals surface area contributed by atoms with E-state index in [0.717, 1.165) is 55.3 Å². The fraction of sp³-hybridized carbons (Fsp3) is 0. The predicted octanol–water partition coefficient (Wildman–Crippen LogP) is 15.6. The van der Waals surface area contributed by atoms with Crippen molar-refractivity contribution < 1.29 is 4.42 Å². The van der Waals surface area contributed by atoms with Crippen LogP contribution in [0.2, 0.25) is 0 Å². The van der Waals surface area contributed by atoms with Gasteiger partial charge in [0, 0.05) is 53.0 Å². The molecule has 0 aliphatic heterocycles. The number of furan rings is 1. The van der Waals surface area contributed by atoms with Crippen LogP contribution in [0.15, 0.2) is 211 Å². The Kier molecular flexibility index (Phi) is 8.01. The van der Waals surface area contributed by atoms with Gasteiger partial charge < -0.3 is 8.98 Å². The number of hydrogen-bond donors (Lipinski definition) is 0. The van der Waals surface area contributed by atoms with Crippen LogP contribution in [0.3, 0.4) is 0 Å². The van der Waals surface area contributed by atoms with Gasteiger partial charge in [-0.2, -0.15) is 0 Å². The van der Waals surface area contributed by atoms with Gasteiger partial charge in [0.2, 0.25) is 0 Å². The zero-order valence-corrected chi connectivity index (χ0v) is 34.6. The summed E-state index contributed by atoms with van der Waals surface area (Å²) in [5.74, 6) is 1.82. The highest BCUT2D eigenvalue weighted by atomic mass is 32.1. The van der Waals surface area contributed by atoms with Crippen molar-refractivity contribution in [3.05, 3.63) is 206 Å². The van der Waals surface area contributed by atoms with E-state index < -0.39 is 0 Å². The van der Waals surface area contributed by atoms with Gasteiger partial charge in [0.25, 0.3) is 0 Å². The number of para-hydroxylation sites is 1. The predicted molar refractivity (Wildman–Crippen MR) is 262 cm³/mol. The Morgan fingerprint density at radius 3 is 1.73 bits per heavy atom. The van der Waals surface area contributed by atoms with Crippen molar-refractivity contribution in [3.8, 4) is 62.1 Å². The van der Waals surface area contributed by atoms with Crippen LogP contribution in [0.1, 0.15) is 0 Å². The molecule has 5 nitrogen and oxygen atoms in total. The van der Waals surface area contributed by atoms with Crippen molar-refractivity contribution in [2.75, 3.05) is 0 Å². The van der Waals surface area contributed by atoms with E-state index in [1.54, 1.807) is 11.3 Å². The Hall–Kier alpha value is -8.19. The van der Waals surface area contributed by atoms with Gasteiger partial charge in [-0.05, 0) is 70.8 Å². The monoisotopic (exact) mass is 822 g/mol. The molecule has 13 aromatic rings. The van der Waals surface area contributed by atoms with Gasteiger partial charge in [-0.25, -0.2) is 15.0 Å². The maximum absolute atomic E-state index is 6.74. The average Bonchev–Trinajstić information content (AvgIpc) is 4.03. The Balaban J connectivity index is 0.963. The normalized spacial score (nSPS) is 11.8. The van der Waals surface area contributed by atoms with Crippen LogP contribution in [0.5, 0.6) is 0 Å². The molecule has 9 aromatic carbocycles. The number of rotatable bonds is 6. The molecule has 0 unspecified atom stereocenters. The lowest BCUT2D eigenvalue weighted by Crippen LogP contribution is -2.00. The third-order valence-electron chi connectivity index (χ3n) is 12.3. The highest BCUT2D eigenvalue weighted by molar-refractivity contribution is 7.26. The van der Waals surface area contributed by atoms with Gasteiger partial charge >= 0.3 is 0 Å². The Morgan fingerprint density at radius 1 is 0.349 bits per heavy atom. The third kappa shape index (κ3) is 5.80. The van der Waals surface area contributed by atoms with Gasteiger partial charge in [-0.15, -0.1) is 11.3 Å². The molecule has 0 atom stereocenters. The van der Waals surface area contributed by atoms with Gasteiger partial charge in [-0.1, -0.05) is 158 Å². The Labute approximate surface area is 365 Å². The van der Waals surface area contributed by atoms with Crippen LogP contribution in [0.4, 0.5) is 0 Å². The summed E-state index contributed by atoms with van der Waals surface area (Å²) < 4.78 is 11.6. The Bertz CT molecular complexity index is 3910. The van der Waals surface area contributed by atoms with Crippen molar-refractivity contribution in [2.24, 2.45) is 0 Å². The quantitative estimate of drug-likeness (QED) is 0.168. The summed E-state index contributed by atoms with van der Waals surface area (Å²) in [6.45, 7) is 0. The fourth-order valence-corrected chi connectivity index (χ4v) is 10.5. The molecule has 294 valence electrons. The molecule has 4 aromatic heterocycles. The van der Waals surface area contributed by atoms with E-state index >= 15 is 0 Å². The second kappa shape index (κ2) is 14.2. The summed E-state index contributed by atoms with van der Waals surface area (Å²) in [6, 6.07) is 72.6. The molecule has 0 radical (unpaired) electrons. The van der Waals surface area contributed by atoms with Gasteiger partial charge in [0.1, 0.15) is 11.2 Å². The fourth-order valence-electron chi connectivity index (χ4n) is 9.35. The lowest BCUT2D eigenvalue weighted by Gasteiger charge is -2.11. The number of thiophene rings is 1. The minimum Gasteiger partial charge on any atom is -0.456 e. The second-order valence-electron chi connectivity index (χ2n) is 15.9. The molecule has 0 aliphatic carbocycles. The number of nitrogens with zero attached hydrogens (tertiary/aromatic N) is 4. The van der Waals surface area contributed by atoms with E-state index in [2.05, 4.69) is 180 Å². The first kappa shape index (κ1) is 35.6. The first-order chi connectivity index (χ1) is 31.2. The lowest BCUT2D eigenvalue weighted by atomic mass is 9.99. The molecule has 0 N–H and O–H groups in total. The highest BCUT2D eigenvalue weighted by Gasteiger charge is 2.21. The van der Waals surface area contributed by atoms with Crippen molar-refractivity contribution in [2.45, 2.75) is 0 Å². The van der Waals surface area contributed by atoms with Crippen molar-refractivity contribution >= 4 is 75.3 Å². The number of aromatic nitrogens is 4. The largest absolute Gasteiger partial charge is 0.456 e. The summed E-state index contributed by atoms with van der Waals surface area (Å²) in [6.07, 6.45) is 0. The topological polar surface area (TPSA) is 56.7 Å². The highest BCUT2D eigenvalue weighted by Crippen LogP contribution is 2.43. The molecular weight excluding hydrogens is 789 g/mol. The van der Waals surface area contributed by atoms with Crippen LogP contribution in [0.25, 0.3) is 126 Å². The maximum atomic E-state index is 6.74. The van der Waals surface area contributed by atoms with Crippen LogP contribution in [-0.2, 0) is 0 Å². The number of benzene rings is 9. The number of fused-ring (bicyclic) bond motifs is 9. The molecule has 0 saturated heterocycles. The zero-order chi connectivity index (χ0) is 41.4. The SMILES string of the molecule is c1ccc(-c2ccc3c4ccccc4n(-c4cccc5oc6cc(-c7nc(-c8ccccc8)nc(-c8ccc9c(c8)sc8cccc(-c%10ccccc%10)c89)n7)ccc6c45)c3c2)cc1. The molecular formula is C57H34N4OS. The Morgan fingerprint density at radius 2 is 0.952 bits per heavy atom. The summed E-state index contributed by atoms with van der Waals surface area (Å²) in [5.41, 5.74) is 12.5. The van der Waals surface area contributed by atoms with E-state index in [1.807, 2.05) is 30.3 Å². The molecule has 6 heteroatoms. The average molecular weight is 823 g/mol. The second-order valence-corrected chi connectivity index (χ2v) is 17.0. The molecule has 0 amide bonds. The van der Waals surface area contributed by atoms with Gasteiger partial charge in [0.15, 0.2) is 17.5 Å². The third-order valence-corrected chi connectivity index (χ3v) is 13.4. The summed E-state index contributed by atoms with van der Waals surface area (Å²) in [5, 5.41) is 7.00. The summed E-state index contributed by atoms with van der Waals surface area (Å²) >= 11 is 1.80. The molecule has 0 fully saturated rings. The smallest absolute Gasteiger partial charge is 0.164 e. The summed E-state index contributed by atoms with van der Waals surface area (Å²) in [7, 11) is 0. The molecule has 0 bridgehead atoms.